The first-order chi connectivity index (χ1) is 7.69. The van der Waals surface area contributed by atoms with Gasteiger partial charge in [0.2, 0.25) is 0 Å². The van der Waals surface area contributed by atoms with Crippen LogP contribution in [0.5, 0.6) is 0 Å². The highest BCUT2D eigenvalue weighted by atomic mass is 15.6. The monoisotopic (exact) mass is 215 g/mol. The summed E-state index contributed by atoms with van der Waals surface area (Å²) in [6.07, 6.45) is 2.28. The van der Waals surface area contributed by atoms with Gasteiger partial charge in [-0.25, -0.2) is 4.68 Å². The average molecular weight is 215 g/mol. The van der Waals surface area contributed by atoms with Gasteiger partial charge in [-0.15, -0.1) is 5.10 Å². The molecule has 0 spiro atoms. The third-order valence-electron chi connectivity index (χ3n) is 3.12. The molecule has 1 aromatic heterocycles. The lowest BCUT2D eigenvalue weighted by Crippen LogP contribution is -2.15. The van der Waals surface area contributed by atoms with Crippen LogP contribution >= 0.6 is 0 Å². The highest BCUT2D eigenvalue weighted by Gasteiger charge is 2.42. The van der Waals surface area contributed by atoms with Crippen LogP contribution in [0.3, 0.4) is 0 Å². The molecule has 3 rings (SSSR count). The average Bonchev–Trinajstić information content (AvgIpc) is 2.84. The van der Waals surface area contributed by atoms with Crippen molar-refractivity contribution in [2.75, 3.05) is 5.73 Å². The first kappa shape index (κ1) is 9.33. The number of nitrogens with zero attached hydrogens (tertiary/aromatic N) is 4. The van der Waals surface area contributed by atoms with E-state index in [0.717, 1.165) is 29.9 Å². The molecule has 0 amide bonds. The third kappa shape index (κ3) is 1.36. The maximum atomic E-state index is 5.66. The van der Waals surface area contributed by atoms with Crippen LogP contribution in [0.1, 0.15) is 19.8 Å². The SMILES string of the molecule is CC1(n2nnnc2-c2ccc(N)cc2)CC1. The molecule has 0 unspecified atom stereocenters. The molecule has 1 aliphatic carbocycles. The summed E-state index contributed by atoms with van der Waals surface area (Å²) in [4.78, 5) is 0. The second kappa shape index (κ2) is 3.04. The van der Waals surface area contributed by atoms with E-state index in [4.69, 9.17) is 5.73 Å². The van der Waals surface area contributed by atoms with Gasteiger partial charge in [-0.2, -0.15) is 0 Å². The van der Waals surface area contributed by atoms with E-state index in [1.54, 1.807) is 0 Å². The van der Waals surface area contributed by atoms with Gasteiger partial charge in [-0.05, 0) is 54.5 Å². The van der Waals surface area contributed by atoms with E-state index >= 15 is 0 Å². The predicted octanol–water partition coefficient (Wildman–Crippen LogP) is 1.43. The van der Waals surface area contributed by atoms with Crippen molar-refractivity contribution in [1.82, 2.24) is 20.2 Å². The Bertz CT molecular complexity index is 509. The molecule has 16 heavy (non-hydrogen) atoms. The van der Waals surface area contributed by atoms with Gasteiger partial charge in [0.25, 0.3) is 0 Å². The fourth-order valence-corrected chi connectivity index (χ4v) is 1.76. The maximum absolute atomic E-state index is 5.66. The zero-order valence-corrected chi connectivity index (χ0v) is 9.09. The number of hydrogen-bond acceptors (Lipinski definition) is 4. The van der Waals surface area contributed by atoms with E-state index in [1.165, 1.54) is 0 Å². The van der Waals surface area contributed by atoms with Crippen molar-refractivity contribution in [2.24, 2.45) is 0 Å². The molecule has 1 saturated carbocycles. The fourth-order valence-electron chi connectivity index (χ4n) is 1.76. The Balaban J connectivity index is 2.06. The van der Waals surface area contributed by atoms with Crippen LogP contribution in [0.15, 0.2) is 24.3 Å². The highest BCUT2D eigenvalue weighted by Crippen LogP contribution is 2.43. The van der Waals surface area contributed by atoms with Gasteiger partial charge in [0.15, 0.2) is 5.82 Å². The second-order valence-corrected chi connectivity index (χ2v) is 4.53. The van der Waals surface area contributed by atoms with Gasteiger partial charge in [-0.1, -0.05) is 0 Å². The Morgan fingerprint density at radius 1 is 1.25 bits per heavy atom. The number of nitrogens with two attached hydrogens (primary N) is 1. The molecule has 0 bridgehead atoms. The number of hydrogen-bond donors (Lipinski definition) is 1. The number of nitrogen functional groups attached to an aromatic ring is 1. The topological polar surface area (TPSA) is 69.6 Å². The zero-order chi connectivity index (χ0) is 11.2. The summed E-state index contributed by atoms with van der Waals surface area (Å²) in [7, 11) is 0. The van der Waals surface area contributed by atoms with Gasteiger partial charge in [-0.3, -0.25) is 0 Å². The fraction of sp³-hybridized carbons (Fsp3) is 0.364. The van der Waals surface area contributed by atoms with Crippen molar-refractivity contribution in [3.05, 3.63) is 24.3 Å². The van der Waals surface area contributed by atoms with Crippen LogP contribution in [-0.2, 0) is 5.54 Å². The Morgan fingerprint density at radius 3 is 2.56 bits per heavy atom. The minimum Gasteiger partial charge on any atom is -0.399 e. The van der Waals surface area contributed by atoms with E-state index < -0.39 is 0 Å². The standard InChI is InChI=1S/C11H13N5/c1-11(6-7-11)16-10(13-14-15-16)8-2-4-9(12)5-3-8/h2-5H,6-7,12H2,1H3. The smallest absolute Gasteiger partial charge is 0.182 e. The largest absolute Gasteiger partial charge is 0.399 e. The third-order valence-corrected chi connectivity index (χ3v) is 3.12. The summed E-state index contributed by atoms with van der Waals surface area (Å²) in [5.41, 5.74) is 7.53. The molecule has 82 valence electrons. The number of benzene rings is 1. The van der Waals surface area contributed by atoms with Crippen LogP contribution in [0.2, 0.25) is 0 Å². The summed E-state index contributed by atoms with van der Waals surface area (Å²) in [6, 6.07) is 7.62. The molecule has 5 nitrogen and oxygen atoms in total. The molecule has 0 aliphatic heterocycles. The second-order valence-electron chi connectivity index (χ2n) is 4.53. The lowest BCUT2D eigenvalue weighted by atomic mass is 10.2. The molecule has 2 N–H and O–H groups in total. The van der Waals surface area contributed by atoms with E-state index in [9.17, 15) is 0 Å². The number of rotatable bonds is 2. The van der Waals surface area contributed by atoms with E-state index in [0.29, 0.717) is 0 Å². The lowest BCUT2D eigenvalue weighted by Gasteiger charge is -2.10. The van der Waals surface area contributed by atoms with Gasteiger partial charge in [0, 0.05) is 11.3 Å². The molecule has 0 atom stereocenters. The van der Waals surface area contributed by atoms with E-state index in [-0.39, 0.29) is 5.54 Å². The van der Waals surface area contributed by atoms with Crippen molar-refractivity contribution in [1.29, 1.82) is 0 Å². The molecule has 1 aromatic carbocycles. The van der Waals surface area contributed by atoms with Gasteiger partial charge in [0.05, 0.1) is 5.54 Å². The van der Waals surface area contributed by atoms with Crippen LogP contribution in [0.4, 0.5) is 5.69 Å². The molecular weight excluding hydrogens is 202 g/mol. The zero-order valence-electron chi connectivity index (χ0n) is 9.09. The first-order valence-corrected chi connectivity index (χ1v) is 5.34. The lowest BCUT2D eigenvalue weighted by molar-refractivity contribution is 0.463. The number of anilines is 1. The molecule has 0 radical (unpaired) electrons. The van der Waals surface area contributed by atoms with Crippen molar-refractivity contribution in [3.8, 4) is 11.4 Å². The summed E-state index contributed by atoms with van der Waals surface area (Å²) in [5.74, 6) is 0.819. The van der Waals surface area contributed by atoms with Crippen LogP contribution in [0.25, 0.3) is 11.4 Å². The summed E-state index contributed by atoms with van der Waals surface area (Å²) >= 11 is 0. The normalized spacial score (nSPS) is 17.3. The molecule has 5 heteroatoms. The quantitative estimate of drug-likeness (QED) is 0.769. The van der Waals surface area contributed by atoms with Crippen molar-refractivity contribution >= 4 is 5.69 Å². The number of tetrazole rings is 1. The minimum absolute atomic E-state index is 0.111. The van der Waals surface area contributed by atoms with Gasteiger partial charge < -0.3 is 5.73 Å². The van der Waals surface area contributed by atoms with Crippen molar-refractivity contribution < 1.29 is 0 Å². The molecule has 0 saturated heterocycles. The molecule has 1 heterocycles. The maximum Gasteiger partial charge on any atom is 0.182 e. The Hall–Kier alpha value is -1.91. The van der Waals surface area contributed by atoms with Crippen molar-refractivity contribution in [2.45, 2.75) is 25.3 Å². The van der Waals surface area contributed by atoms with Gasteiger partial charge in [0.1, 0.15) is 0 Å². The molecule has 2 aromatic rings. The Labute approximate surface area is 93.3 Å². The van der Waals surface area contributed by atoms with Crippen LogP contribution in [-0.4, -0.2) is 20.2 Å². The Kier molecular flexibility index (Phi) is 1.77. The predicted molar refractivity (Wildman–Crippen MR) is 60.5 cm³/mol. The molecular formula is C11H13N5. The summed E-state index contributed by atoms with van der Waals surface area (Å²) < 4.78 is 1.92. The van der Waals surface area contributed by atoms with E-state index in [1.807, 2.05) is 28.9 Å². The van der Waals surface area contributed by atoms with Gasteiger partial charge >= 0.3 is 0 Å². The molecule has 1 fully saturated rings. The van der Waals surface area contributed by atoms with Crippen LogP contribution < -0.4 is 5.73 Å². The first-order valence-electron chi connectivity index (χ1n) is 5.34. The minimum atomic E-state index is 0.111. The Morgan fingerprint density at radius 2 is 1.94 bits per heavy atom. The van der Waals surface area contributed by atoms with Crippen LogP contribution in [0, 0.1) is 0 Å². The summed E-state index contributed by atoms with van der Waals surface area (Å²) in [5, 5.41) is 11.9. The van der Waals surface area contributed by atoms with Crippen molar-refractivity contribution in [3.63, 3.8) is 0 Å². The van der Waals surface area contributed by atoms with E-state index in [2.05, 4.69) is 22.4 Å². The summed E-state index contributed by atoms with van der Waals surface area (Å²) in [6.45, 7) is 2.17. The number of aromatic nitrogens is 4. The molecule has 1 aliphatic rings. The highest BCUT2D eigenvalue weighted by molar-refractivity contribution is 5.58.